The summed E-state index contributed by atoms with van der Waals surface area (Å²) in [5, 5.41) is 9.01. The quantitative estimate of drug-likeness (QED) is 0.745. The Bertz CT molecular complexity index is 289. The molecule has 3 N–H and O–H groups in total. The number of nitrogen functional groups attached to an aromatic ring is 1. The van der Waals surface area contributed by atoms with Crippen LogP contribution in [0.5, 0.6) is 0 Å². The van der Waals surface area contributed by atoms with Crippen molar-refractivity contribution in [2.45, 2.75) is 31.7 Å². The van der Waals surface area contributed by atoms with Crippen LogP contribution in [0.2, 0.25) is 0 Å². The Labute approximate surface area is 83.8 Å². The lowest BCUT2D eigenvalue weighted by atomic mass is 9.86. The van der Waals surface area contributed by atoms with Crippen LogP contribution in [0.1, 0.15) is 31.7 Å². The number of imidazole rings is 1. The molecular weight excluding hydrogens is 178 g/mol. The Morgan fingerprint density at radius 2 is 2.14 bits per heavy atom. The van der Waals surface area contributed by atoms with Crippen LogP contribution in [-0.4, -0.2) is 21.3 Å². The van der Waals surface area contributed by atoms with Crippen molar-refractivity contribution in [3.63, 3.8) is 0 Å². The van der Waals surface area contributed by atoms with Crippen LogP contribution in [-0.2, 0) is 0 Å². The minimum Gasteiger partial charge on any atom is -0.396 e. The summed E-state index contributed by atoms with van der Waals surface area (Å²) in [6.07, 6.45) is 8.17. The molecule has 4 nitrogen and oxygen atoms in total. The van der Waals surface area contributed by atoms with E-state index in [0.717, 1.165) is 25.7 Å². The summed E-state index contributed by atoms with van der Waals surface area (Å²) in [6.45, 7) is 0.332. The molecule has 0 amide bonds. The van der Waals surface area contributed by atoms with Crippen LogP contribution in [0, 0.1) is 5.92 Å². The molecule has 0 unspecified atom stereocenters. The van der Waals surface area contributed by atoms with Crippen LogP contribution < -0.4 is 5.73 Å². The molecule has 1 fully saturated rings. The zero-order valence-corrected chi connectivity index (χ0v) is 8.26. The molecule has 0 aromatic carbocycles. The second-order valence-electron chi connectivity index (χ2n) is 4.10. The number of hydrogen-bond donors (Lipinski definition) is 2. The highest BCUT2D eigenvalue weighted by molar-refractivity contribution is 5.22. The summed E-state index contributed by atoms with van der Waals surface area (Å²) in [5.74, 6) is 1.10. The first kappa shape index (κ1) is 9.52. The summed E-state index contributed by atoms with van der Waals surface area (Å²) in [5.41, 5.74) is 5.57. The van der Waals surface area contributed by atoms with Gasteiger partial charge in [0.2, 0.25) is 0 Å². The third kappa shape index (κ3) is 1.90. The van der Waals surface area contributed by atoms with Crippen molar-refractivity contribution in [1.29, 1.82) is 0 Å². The van der Waals surface area contributed by atoms with Crippen LogP contribution in [0.25, 0.3) is 0 Å². The Hall–Kier alpha value is -1.03. The van der Waals surface area contributed by atoms with Crippen LogP contribution >= 0.6 is 0 Å². The van der Waals surface area contributed by atoms with Crippen molar-refractivity contribution in [2.75, 3.05) is 12.3 Å². The third-order valence-corrected chi connectivity index (χ3v) is 3.12. The molecule has 1 aromatic heterocycles. The number of nitrogens with zero attached hydrogens (tertiary/aromatic N) is 2. The van der Waals surface area contributed by atoms with Gasteiger partial charge in [-0.25, -0.2) is 4.98 Å². The van der Waals surface area contributed by atoms with E-state index in [1.165, 1.54) is 0 Å². The van der Waals surface area contributed by atoms with Crippen molar-refractivity contribution in [3.05, 3.63) is 12.5 Å². The van der Waals surface area contributed by atoms with Gasteiger partial charge in [-0.1, -0.05) is 0 Å². The van der Waals surface area contributed by atoms with E-state index in [2.05, 4.69) is 9.55 Å². The highest BCUT2D eigenvalue weighted by Gasteiger charge is 2.21. The first-order chi connectivity index (χ1) is 6.79. The molecule has 1 aliphatic rings. The lowest BCUT2D eigenvalue weighted by molar-refractivity contribution is 0.169. The predicted molar refractivity (Wildman–Crippen MR) is 54.7 cm³/mol. The van der Waals surface area contributed by atoms with E-state index < -0.39 is 0 Å². The maximum atomic E-state index is 9.01. The number of aliphatic hydroxyl groups is 1. The van der Waals surface area contributed by atoms with E-state index in [1.54, 1.807) is 6.33 Å². The van der Waals surface area contributed by atoms with Gasteiger partial charge in [0.05, 0.1) is 6.33 Å². The number of anilines is 1. The molecule has 0 bridgehead atoms. The van der Waals surface area contributed by atoms with Crippen LogP contribution in [0.4, 0.5) is 5.82 Å². The normalized spacial score (nSPS) is 27.8. The topological polar surface area (TPSA) is 64.1 Å². The van der Waals surface area contributed by atoms with Gasteiger partial charge >= 0.3 is 0 Å². The SMILES string of the molecule is Nc1cn([C@H]2CC[C@H](CO)CC2)cn1. The Kier molecular flexibility index (Phi) is 2.72. The molecule has 0 aliphatic heterocycles. The Morgan fingerprint density at radius 1 is 1.43 bits per heavy atom. The average molecular weight is 195 g/mol. The highest BCUT2D eigenvalue weighted by Crippen LogP contribution is 2.31. The minimum absolute atomic E-state index is 0.332. The van der Waals surface area contributed by atoms with Gasteiger partial charge in [-0.15, -0.1) is 0 Å². The first-order valence-electron chi connectivity index (χ1n) is 5.19. The van der Waals surface area contributed by atoms with Crippen molar-refractivity contribution < 1.29 is 5.11 Å². The molecule has 1 saturated carbocycles. The van der Waals surface area contributed by atoms with Crippen LogP contribution in [0.3, 0.4) is 0 Å². The molecule has 14 heavy (non-hydrogen) atoms. The number of aliphatic hydroxyl groups excluding tert-OH is 1. The zero-order valence-electron chi connectivity index (χ0n) is 8.26. The summed E-state index contributed by atoms with van der Waals surface area (Å²) >= 11 is 0. The molecule has 0 radical (unpaired) electrons. The lowest BCUT2D eigenvalue weighted by Gasteiger charge is -2.27. The van der Waals surface area contributed by atoms with Gasteiger partial charge in [0, 0.05) is 18.8 Å². The first-order valence-corrected chi connectivity index (χ1v) is 5.19. The third-order valence-electron chi connectivity index (χ3n) is 3.12. The summed E-state index contributed by atoms with van der Waals surface area (Å²) < 4.78 is 2.10. The summed E-state index contributed by atoms with van der Waals surface area (Å²) in [7, 11) is 0. The molecule has 0 saturated heterocycles. The van der Waals surface area contributed by atoms with Gasteiger partial charge < -0.3 is 15.4 Å². The van der Waals surface area contributed by atoms with E-state index in [4.69, 9.17) is 10.8 Å². The van der Waals surface area contributed by atoms with E-state index in [1.807, 2.05) is 6.20 Å². The van der Waals surface area contributed by atoms with E-state index in [0.29, 0.717) is 24.4 Å². The largest absolute Gasteiger partial charge is 0.396 e. The smallest absolute Gasteiger partial charge is 0.141 e. The monoisotopic (exact) mass is 195 g/mol. The maximum absolute atomic E-state index is 9.01. The lowest BCUT2D eigenvalue weighted by Crippen LogP contribution is -2.19. The van der Waals surface area contributed by atoms with Crippen molar-refractivity contribution in [1.82, 2.24) is 9.55 Å². The second kappa shape index (κ2) is 4.00. The average Bonchev–Trinajstić information content (AvgIpc) is 2.65. The fourth-order valence-electron chi connectivity index (χ4n) is 2.18. The van der Waals surface area contributed by atoms with Gasteiger partial charge in [-0.05, 0) is 31.6 Å². The number of nitrogens with two attached hydrogens (primary N) is 1. The number of aromatic nitrogens is 2. The van der Waals surface area contributed by atoms with Gasteiger partial charge in [-0.2, -0.15) is 0 Å². The van der Waals surface area contributed by atoms with E-state index in [-0.39, 0.29) is 0 Å². The molecule has 78 valence electrons. The fourth-order valence-corrected chi connectivity index (χ4v) is 2.18. The molecule has 0 atom stereocenters. The van der Waals surface area contributed by atoms with Gasteiger partial charge in [0.25, 0.3) is 0 Å². The van der Waals surface area contributed by atoms with Crippen molar-refractivity contribution >= 4 is 5.82 Å². The molecule has 0 spiro atoms. The highest BCUT2D eigenvalue weighted by atomic mass is 16.3. The number of rotatable bonds is 2. The van der Waals surface area contributed by atoms with Gasteiger partial charge in [-0.3, -0.25) is 0 Å². The Morgan fingerprint density at radius 3 is 2.64 bits per heavy atom. The van der Waals surface area contributed by atoms with E-state index in [9.17, 15) is 0 Å². The molecular formula is C10H17N3O. The van der Waals surface area contributed by atoms with Crippen molar-refractivity contribution in [3.8, 4) is 0 Å². The maximum Gasteiger partial charge on any atom is 0.141 e. The van der Waals surface area contributed by atoms with Gasteiger partial charge in [0.15, 0.2) is 0 Å². The molecule has 1 aromatic rings. The number of hydrogen-bond acceptors (Lipinski definition) is 3. The molecule has 1 heterocycles. The zero-order chi connectivity index (χ0) is 9.97. The van der Waals surface area contributed by atoms with Crippen LogP contribution in [0.15, 0.2) is 12.5 Å². The molecule has 1 aliphatic carbocycles. The Balaban J connectivity index is 1.95. The minimum atomic E-state index is 0.332. The second-order valence-corrected chi connectivity index (χ2v) is 4.10. The van der Waals surface area contributed by atoms with E-state index >= 15 is 0 Å². The van der Waals surface area contributed by atoms with Gasteiger partial charge in [0.1, 0.15) is 5.82 Å². The molecule has 4 heteroatoms. The summed E-state index contributed by atoms with van der Waals surface area (Å²) in [4.78, 5) is 4.02. The standard InChI is InChI=1S/C10H17N3O/c11-10-5-13(7-12-10)9-3-1-8(6-14)2-4-9/h5,7-9,14H,1-4,6,11H2/t8-,9-. The van der Waals surface area contributed by atoms with Crippen molar-refractivity contribution in [2.24, 2.45) is 5.92 Å². The predicted octanol–water partition coefficient (Wildman–Crippen LogP) is 1.19. The molecule has 2 rings (SSSR count). The summed E-state index contributed by atoms with van der Waals surface area (Å²) in [6, 6.07) is 0.530. The fraction of sp³-hybridized carbons (Fsp3) is 0.700.